The molecule has 0 aromatic heterocycles. The smallest absolute Gasteiger partial charge is 0.182 e. The fraction of sp³-hybridized carbons (Fsp3) is 0.222. The molecule has 1 N–H and O–H groups in total. The van der Waals surface area contributed by atoms with E-state index in [0.29, 0.717) is 42.7 Å². The van der Waals surface area contributed by atoms with Gasteiger partial charge in [-0.25, -0.2) is 0 Å². The van der Waals surface area contributed by atoms with Crippen LogP contribution in [-0.2, 0) is 6.54 Å². The third-order valence-electron chi connectivity index (χ3n) is 4.15. The number of hydrogen-bond acceptors (Lipinski definition) is 4. The van der Waals surface area contributed by atoms with Gasteiger partial charge in [0.05, 0.1) is 6.54 Å². The van der Waals surface area contributed by atoms with Crippen LogP contribution in [0.25, 0.3) is 0 Å². The lowest BCUT2D eigenvalue weighted by Gasteiger charge is -2.20. The number of ketones is 1. The van der Waals surface area contributed by atoms with Crippen LogP contribution in [0, 0.1) is 5.41 Å². The summed E-state index contributed by atoms with van der Waals surface area (Å²) in [4.78, 5) is 14.3. The molecule has 5 heteroatoms. The molecule has 0 saturated heterocycles. The van der Waals surface area contributed by atoms with Crippen LogP contribution in [0.4, 0.5) is 0 Å². The van der Waals surface area contributed by atoms with Crippen LogP contribution >= 0.6 is 0 Å². The van der Waals surface area contributed by atoms with Crippen molar-refractivity contribution in [2.75, 3.05) is 19.8 Å². The third-order valence-corrected chi connectivity index (χ3v) is 4.15. The zero-order valence-electron chi connectivity index (χ0n) is 12.5. The molecule has 0 radical (unpaired) electrons. The van der Waals surface area contributed by atoms with Crippen LogP contribution < -0.4 is 9.47 Å². The highest BCUT2D eigenvalue weighted by molar-refractivity contribution is 6.05. The molecule has 2 heterocycles. The lowest BCUT2D eigenvalue weighted by molar-refractivity contribution is 0.0961. The zero-order chi connectivity index (χ0) is 15.8. The van der Waals surface area contributed by atoms with Crippen LogP contribution in [0.2, 0.25) is 0 Å². The molecule has 4 rings (SSSR count). The number of nitrogens with zero attached hydrogens (tertiary/aromatic N) is 1. The lowest BCUT2D eigenvalue weighted by atomic mass is 10.1. The van der Waals surface area contributed by atoms with Crippen LogP contribution in [-0.4, -0.2) is 36.3 Å². The Balaban J connectivity index is 1.52. The molecule has 116 valence electrons. The van der Waals surface area contributed by atoms with Crippen LogP contribution in [0.15, 0.2) is 42.5 Å². The molecule has 0 atom stereocenters. The van der Waals surface area contributed by atoms with Crippen molar-refractivity contribution in [2.45, 2.75) is 6.54 Å². The van der Waals surface area contributed by atoms with Gasteiger partial charge in [-0.3, -0.25) is 10.2 Å². The number of rotatable bonds is 3. The van der Waals surface area contributed by atoms with Crippen molar-refractivity contribution in [3.8, 4) is 11.5 Å². The molecule has 0 saturated carbocycles. The molecular weight excluding hydrogens is 292 g/mol. The van der Waals surface area contributed by atoms with Crippen molar-refractivity contribution in [1.82, 2.24) is 4.90 Å². The Morgan fingerprint density at radius 1 is 1.09 bits per heavy atom. The van der Waals surface area contributed by atoms with Crippen molar-refractivity contribution >= 4 is 11.6 Å². The predicted molar refractivity (Wildman–Crippen MR) is 85.4 cm³/mol. The Bertz CT molecular complexity index is 801. The number of benzene rings is 2. The molecule has 0 bridgehead atoms. The highest BCUT2D eigenvalue weighted by Gasteiger charge is 2.26. The third kappa shape index (κ3) is 2.44. The Hall–Kier alpha value is -2.82. The molecule has 0 aliphatic carbocycles. The summed E-state index contributed by atoms with van der Waals surface area (Å²) in [7, 11) is 0. The van der Waals surface area contributed by atoms with E-state index >= 15 is 0 Å². The van der Waals surface area contributed by atoms with Gasteiger partial charge in [-0.15, -0.1) is 0 Å². The molecule has 0 amide bonds. The highest BCUT2D eigenvalue weighted by Crippen LogP contribution is 2.31. The number of hydrogen-bond donors (Lipinski definition) is 1. The summed E-state index contributed by atoms with van der Waals surface area (Å²) in [5, 5.41) is 8.22. The lowest BCUT2D eigenvalue weighted by Crippen LogP contribution is -2.30. The van der Waals surface area contributed by atoms with Gasteiger partial charge >= 0.3 is 0 Å². The van der Waals surface area contributed by atoms with E-state index in [9.17, 15) is 4.79 Å². The molecule has 2 aliphatic rings. The van der Waals surface area contributed by atoms with Gasteiger partial charge in [-0.05, 0) is 23.8 Å². The van der Waals surface area contributed by atoms with Crippen molar-refractivity contribution in [3.05, 3.63) is 59.2 Å². The predicted octanol–water partition coefficient (Wildman–Crippen LogP) is 2.48. The molecule has 23 heavy (non-hydrogen) atoms. The van der Waals surface area contributed by atoms with E-state index in [2.05, 4.69) is 0 Å². The van der Waals surface area contributed by atoms with Gasteiger partial charge < -0.3 is 14.4 Å². The topological polar surface area (TPSA) is 62.6 Å². The fourth-order valence-electron chi connectivity index (χ4n) is 2.96. The largest absolute Gasteiger partial charge is 0.486 e. The first-order valence-electron chi connectivity index (χ1n) is 7.57. The van der Waals surface area contributed by atoms with E-state index < -0.39 is 0 Å². The maximum Gasteiger partial charge on any atom is 0.182 e. The Morgan fingerprint density at radius 2 is 1.87 bits per heavy atom. The summed E-state index contributed by atoms with van der Waals surface area (Å²) in [5.41, 5.74) is 2.58. The molecule has 2 aromatic carbocycles. The average Bonchev–Trinajstić information content (AvgIpc) is 2.91. The van der Waals surface area contributed by atoms with E-state index in [1.54, 1.807) is 23.1 Å². The van der Waals surface area contributed by atoms with Crippen molar-refractivity contribution in [2.24, 2.45) is 0 Å². The van der Waals surface area contributed by atoms with E-state index in [1.807, 2.05) is 24.3 Å². The second kappa shape index (κ2) is 5.43. The van der Waals surface area contributed by atoms with Crippen LogP contribution in [0.5, 0.6) is 11.5 Å². The van der Waals surface area contributed by atoms with E-state index in [-0.39, 0.29) is 12.3 Å². The maximum atomic E-state index is 12.5. The quantitative estimate of drug-likeness (QED) is 0.885. The minimum absolute atomic E-state index is 0.0282. The number of carbonyl (C=O) groups is 1. The minimum atomic E-state index is -0.0282. The van der Waals surface area contributed by atoms with E-state index in [0.717, 1.165) is 11.1 Å². The zero-order valence-corrected chi connectivity index (χ0v) is 12.5. The van der Waals surface area contributed by atoms with Gasteiger partial charge in [0.15, 0.2) is 17.3 Å². The highest BCUT2D eigenvalue weighted by atomic mass is 16.6. The summed E-state index contributed by atoms with van der Waals surface area (Å²) < 4.78 is 11.0. The first kappa shape index (κ1) is 13.8. The van der Waals surface area contributed by atoms with Gasteiger partial charge in [0, 0.05) is 17.7 Å². The number of fused-ring (bicyclic) bond motifs is 2. The maximum absolute atomic E-state index is 12.5. The van der Waals surface area contributed by atoms with Gasteiger partial charge in [-0.1, -0.05) is 24.3 Å². The number of nitrogens with one attached hydrogen (secondary N) is 1. The van der Waals surface area contributed by atoms with E-state index in [4.69, 9.17) is 14.9 Å². The molecule has 2 aliphatic heterocycles. The average molecular weight is 308 g/mol. The number of ether oxygens (including phenoxy) is 2. The summed E-state index contributed by atoms with van der Waals surface area (Å²) >= 11 is 0. The van der Waals surface area contributed by atoms with Crippen molar-refractivity contribution in [1.29, 1.82) is 5.41 Å². The Kier molecular flexibility index (Phi) is 3.26. The first-order valence-corrected chi connectivity index (χ1v) is 7.57. The number of amidine groups is 1. The van der Waals surface area contributed by atoms with Gasteiger partial charge in [0.25, 0.3) is 0 Å². The molecule has 0 fully saturated rings. The number of Topliss-reactive ketones (excluding diaryl/α,β-unsaturated/α-hetero) is 1. The van der Waals surface area contributed by atoms with Gasteiger partial charge in [-0.2, -0.15) is 0 Å². The molecule has 5 nitrogen and oxygen atoms in total. The summed E-state index contributed by atoms with van der Waals surface area (Å²) in [5.74, 6) is 1.67. The Labute approximate surface area is 134 Å². The van der Waals surface area contributed by atoms with Crippen molar-refractivity contribution < 1.29 is 14.3 Å². The van der Waals surface area contributed by atoms with Gasteiger partial charge in [0.2, 0.25) is 0 Å². The minimum Gasteiger partial charge on any atom is -0.486 e. The van der Waals surface area contributed by atoms with Crippen molar-refractivity contribution in [3.63, 3.8) is 0 Å². The second-order valence-electron chi connectivity index (χ2n) is 5.64. The normalized spacial score (nSPS) is 15.5. The monoisotopic (exact) mass is 308 g/mol. The number of carbonyl (C=O) groups excluding carboxylic acids is 1. The summed E-state index contributed by atoms with van der Waals surface area (Å²) in [6, 6.07) is 13.0. The van der Waals surface area contributed by atoms with Gasteiger partial charge in [0.1, 0.15) is 19.0 Å². The first-order chi connectivity index (χ1) is 11.2. The van der Waals surface area contributed by atoms with E-state index in [1.165, 1.54) is 0 Å². The standard InChI is InChI=1S/C18H16N2O3/c19-18-14-4-2-1-3-13(14)10-20(18)11-15(21)12-5-6-16-17(9-12)23-8-7-22-16/h1-6,9,19H,7-8,10-11H2. The molecular formula is C18H16N2O3. The van der Waals surface area contributed by atoms with Crippen LogP contribution in [0.3, 0.4) is 0 Å². The summed E-state index contributed by atoms with van der Waals surface area (Å²) in [6.45, 7) is 1.82. The SMILES string of the molecule is N=C1c2ccccc2CN1CC(=O)c1ccc2c(c1)OCCO2. The molecule has 2 aromatic rings. The Morgan fingerprint density at radius 3 is 2.70 bits per heavy atom. The summed E-state index contributed by atoms with van der Waals surface area (Å²) in [6.07, 6.45) is 0. The molecule has 0 unspecified atom stereocenters. The second-order valence-corrected chi connectivity index (χ2v) is 5.64. The molecule has 0 spiro atoms. The van der Waals surface area contributed by atoms with Crippen LogP contribution in [0.1, 0.15) is 21.5 Å². The fourth-order valence-corrected chi connectivity index (χ4v) is 2.96.